The molecule has 6 nitrogen and oxygen atoms in total. The normalized spacial score (nSPS) is 15.5. The fourth-order valence-electron chi connectivity index (χ4n) is 2.40. The van der Waals surface area contributed by atoms with Crippen molar-refractivity contribution in [2.75, 3.05) is 18.8 Å². The number of pyridine rings is 1. The molecule has 1 amide bonds. The predicted octanol–water partition coefficient (Wildman–Crippen LogP) is 2.63. The lowest BCUT2D eigenvalue weighted by atomic mass is 10.2. The standard InChI is InChI=1S/C15H18N4O2S/c20-13(19-9-5-1-2-6-10-19)11-22-15-18-17-14(21-15)12-7-3-4-8-16-12/h3-4,7-8H,1-2,5-6,9-11H2. The molecule has 1 aliphatic heterocycles. The number of hydrogen-bond donors (Lipinski definition) is 0. The minimum atomic E-state index is 0.143. The number of likely N-dealkylation sites (tertiary alicyclic amines) is 1. The Morgan fingerprint density at radius 3 is 2.73 bits per heavy atom. The van der Waals surface area contributed by atoms with Gasteiger partial charge in [-0.3, -0.25) is 9.78 Å². The molecule has 2 aromatic heterocycles. The second kappa shape index (κ2) is 7.40. The van der Waals surface area contributed by atoms with Crippen LogP contribution in [0.2, 0.25) is 0 Å². The van der Waals surface area contributed by atoms with E-state index in [1.165, 1.54) is 24.6 Å². The Bertz CT molecular complexity index is 609. The van der Waals surface area contributed by atoms with Crippen LogP contribution in [-0.2, 0) is 4.79 Å². The Morgan fingerprint density at radius 1 is 1.18 bits per heavy atom. The van der Waals surface area contributed by atoms with Crippen LogP contribution >= 0.6 is 11.8 Å². The summed E-state index contributed by atoms with van der Waals surface area (Å²) >= 11 is 1.29. The Kier molecular flexibility index (Phi) is 5.05. The van der Waals surface area contributed by atoms with Crippen LogP contribution in [0, 0.1) is 0 Å². The maximum absolute atomic E-state index is 12.2. The zero-order valence-electron chi connectivity index (χ0n) is 12.3. The predicted molar refractivity (Wildman–Crippen MR) is 83.3 cm³/mol. The quantitative estimate of drug-likeness (QED) is 0.807. The van der Waals surface area contributed by atoms with Gasteiger partial charge >= 0.3 is 0 Å². The highest BCUT2D eigenvalue weighted by atomic mass is 32.2. The van der Waals surface area contributed by atoms with Crippen molar-refractivity contribution < 1.29 is 9.21 Å². The monoisotopic (exact) mass is 318 g/mol. The summed E-state index contributed by atoms with van der Waals surface area (Å²) in [5.74, 6) is 0.860. The molecule has 0 N–H and O–H groups in total. The van der Waals surface area contributed by atoms with Crippen molar-refractivity contribution in [3.63, 3.8) is 0 Å². The third-order valence-electron chi connectivity index (χ3n) is 3.57. The number of carbonyl (C=O) groups is 1. The van der Waals surface area contributed by atoms with Crippen LogP contribution in [0.25, 0.3) is 11.6 Å². The third kappa shape index (κ3) is 3.85. The molecule has 0 radical (unpaired) electrons. The smallest absolute Gasteiger partial charge is 0.277 e. The number of nitrogens with zero attached hydrogens (tertiary/aromatic N) is 4. The number of rotatable bonds is 4. The van der Waals surface area contributed by atoms with E-state index in [9.17, 15) is 4.79 Å². The van der Waals surface area contributed by atoms with Gasteiger partial charge in [0.15, 0.2) is 0 Å². The second-order valence-electron chi connectivity index (χ2n) is 5.17. The molecule has 7 heteroatoms. The van der Waals surface area contributed by atoms with E-state index >= 15 is 0 Å². The van der Waals surface area contributed by atoms with Gasteiger partial charge in [-0.15, -0.1) is 10.2 Å². The highest BCUT2D eigenvalue weighted by molar-refractivity contribution is 7.99. The van der Waals surface area contributed by atoms with Gasteiger partial charge in [-0.05, 0) is 25.0 Å². The van der Waals surface area contributed by atoms with Crippen molar-refractivity contribution in [2.24, 2.45) is 0 Å². The van der Waals surface area contributed by atoms with Gasteiger partial charge in [-0.2, -0.15) is 0 Å². The lowest BCUT2D eigenvalue weighted by Crippen LogP contribution is -2.33. The van der Waals surface area contributed by atoms with Crippen LogP contribution in [-0.4, -0.2) is 44.8 Å². The van der Waals surface area contributed by atoms with Gasteiger partial charge in [0.25, 0.3) is 11.1 Å². The molecule has 3 heterocycles. The first-order valence-electron chi connectivity index (χ1n) is 7.48. The van der Waals surface area contributed by atoms with Crippen LogP contribution in [0.3, 0.4) is 0 Å². The highest BCUT2D eigenvalue weighted by Crippen LogP contribution is 2.22. The molecule has 22 heavy (non-hydrogen) atoms. The van der Waals surface area contributed by atoms with Gasteiger partial charge in [0.05, 0.1) is 5.75 Å². The summed E-state index contributed by atoms with van der Waals surface area (Å²) in [6.07, 6.45) is 6.30. The Hall–Kier alpha value is -1.89. The van der Waals surface area contributed by atoms with Crippen molar-refractivity contribution in [1.29, 1.82) is 0 Å². The maximum atomic E-state index is 12.2. The summed E-state index contributed by atoms with van der Waals surface area (Å²) < 4.78 is 5.54. The molecule has 3 rings (SSSR count). The molecule has 2 aromatic rings. The molecule has 1 aliphatic rings. The first-order chi connectivity index (χ1) is 10.8. The molecule has 0 aliphatic carbocycles. The Labute approximate surface area is 133 Å². The van der Waals surface area contributed by atoms with Crippen LogP contribution in [0.15, 0.2) is 34.0 Å². The van der Waals surface area contributed by atoms with Crippen LogP contribution in [0.1, 0.15) is 25.7 Å². The van der Waals surface area contributed by atoms with Gasteiger partial charge in [0.2, 0.25) is 5.91 Å². The van der Waals surface area contributed by atoms with Gasteiger partial charge in [0.1, 0.15) is 5.69 Å². The largest absolute Gasteiger partial charge is 0.410 e. The first kappa shape index (κ1) is 15.0. The van der Waals surface area contributed by atoms with Crippen molar-refractivity contribution in [2.45, 2.75) is 30.9 Å². The number of hydrogen-bond acceptors (Lipinski definition) is 6. The van der Waals surface area contributed by atoms with Gasteiger partial charge < -0.3 is 9.32 Å². The number of amides is 1. The van der Waals surface area contributed by atoms with E-state index in [1.54, 1.807) is 6.20 Å². The Morgan fingerprint density at radius 2 is 2.00 bits per heavy atom. The van der Waals surface area contributed by atoms with Crippen molar-refractivity contribution in [1.82, 2.24) is 20.1 Å². The van der Waals surface area contributed by atoms with E-state index in [-0.39, 0.29) is 5.91 Å². The summed E-state index contributed by atoms with van der Waals surface area (Å²) in [5.41, 5.74) is 0.640. The molecule has 0 saturated carbocycles. The molecule has 116 valence electrons. The number of thioether (sulfide) groups is 1. The average Bonchev–Trinajstić information content (AvgIpc) is 2.87. The summed E-state index contributed by atoms with van der Waals surface area (Å²) in [5, 5.41) is 8.34. The SMILES string of the molecule is O=C(CSc1nnc(-c2ccccn2)o1)N1CCCCCC1. The summed E-state index contributed by atoms with van der Waals surface area (Å²) in [6, 6.07) is 5.50. The van der Waals surface area contributed by atoms with Gasteiger partial charge in [-0.25, -0.2) is 0 Å². The minimum Gasteiger partial charge on any atom is -0.410 e. The van der Waals surface area contributed by atoms with E-state index in [0.717, 1.165) is 25.9 Å². The van der Waals surface area contributed by atoms with Gasteiger partial charge in [-0.1, -0.05) is 30.7 Å². The zero-order valence-corrected chi connectivity index (χ0v) is 13.1. The van der Waals surface area contributed by atoms with E-state index in [4.69, 9.17) is 4.42 Å². The Balaban J connectivity index is 1.55. The van der Waals surface area contributed by atoms with Crippen molar-refractivity contribution in [3.05, 3.63) is 24.4 Å². The summed E-state index contributed by atoms with van der Waals surface area (Å²) in [7, 11) is 0. The molecule has 0 spiro atoms. The van der Waals surface area contributed by atoms with E-state index < -0.39 is 0 Å². The lowest BCUT2D eigenvalue weighted by Gasteiger charge is -2.19. The fraction of sp³-hybridized carbons (Fsp3) is 0.467. The van der Waals surface area contributed by atoms with Crippen LogP contribution < -0.4 is 0 Å². The summed E-state index contributed by atoms with van der Waals surface area (Å²) in [6.45, 7) is 1.73. The molecular formula is C15H18N4O2S. The second-order valence-corrected chi connectivity index (χ2v) is 6.10. The van der Waals surface area contributed by atoms with E-state index in [1.807, 2.05) is 23.1 Å². The highest BCUT2D eigenvalue weighted by Gasteiger charge is 2.17. The van der Waals surface area contributed by atoms with Crippen LogP contribution in [0.4, 0.5) is 0 Å². The zero-order chi connectivity index (χ0) is 15.2. The summed E-state index contributed by atoms with van der Waals surface area (Å²) in [4.78, 5) is 18.3. The lowest BCUT2D eigenvalue weighted by molar-refractivity contribution is -0.128. The van der Waals surface area contributed by atoms with Crippen molar-refractivity contribution in [3.8, 4) is 11.6 Å². The molecule has 0 unspecified atom stereocenters. The molecule has 0 atom stereocenters. The van der Waals surface area contributed by atoms with Crippen LogP contribution in [0.5, 0.6) is 0 Å². The first-order valence-corrected chi connectivity index (χ1v) is 8.47. The molecule has 0 bridgehead atoms. The number of carbonyl (C=O) groups excluding carboxylic acids is 1. The van der Waals surface area contributed by atoms with Crippen molar-refractivity contribution >= 4 is 17.7 Å². The molecule has 0 aromatic carbocycles. The maximum Gasteiger partial charge on any atom is 0.277 e. The third-order valence-corrected chi connectivity index (χ3v) is 4.37. The van der Waals surface area contributed by atoms with E-state index in [0.29, 0.717) is 22.6 Å². The fourth-order valence-corrected chi connectivity index (χ4v) is 3.06. The molecule has 1 saturated heterocycles. The minimum absolute atomic E-state index is 0.143. The van der Waals surface area contributed by atoms with Gasteiger partial charge in [0, 0.05) is 19.3 Å². The molecule has 1 fully saturated rings. The topological polar surface area (TPSA) is 72.1 Å². The average molecular weight is 318 g/mol. The van der Waals surface area contributed by atoms with E-state index in [2.05, 4.69) is 15.2 Å². The number of aromatic nitrogens is 3. The molecular weight excluding hydrogens is 300 g/mol.